The summed E-state index contributed by atoms with van der Waals surface area (Å²) in [5.41, 5.74) is 6.98. The molecule has 3 N–H and O–H groups in total. The van der Waals surface area contributed by atoms with Crippen LogP contribution in [-0.4, -0.2) is 31.6 Å². The number of carbonyl (C=O) groups is 1. The molecule has 34 heavy (non-hydrogen) atoms. The number of nitrogens with two attached hydrogens (primary N) is 1. The molecule has 1 aliphatic heterocycles. The molecule has 3 aliphatic rings. The molecular weight excluding hydrogens is 438 g/mol. The second-order valence-electron chi connectivity index (χ2n) is 9.99. The Hall–Kier alpha value is -3.89. The summed E-state index contributed by atoms with van der Waals surface area (Å²) in [7, 11) is 0. The van der Waals surface area contributed by atoms with Crippen molar-refractivity contribution in [1.82, 2.24) is 20.1 Å². The molecule has 4 heterocycles. The molecule has 0 unspecified atom stereocenters. The maximum atomic E-state index is 12.0. The van der Waals surface area contributed by atoms with Gasteiger partial charge in [0.25, 0.3) is 5.89 Å². The van der Waals surface area contributed by atoms with Gasteiger partial charge in [0, 0.05) is 35.1 Å². The number of rotatable bonds is 5. The van der Waals surface area contributed by atoms with Crippen LogP contribution in [0.5, 0.6) is 0 Å². The topological polar surface area (TPSA) is 158 Å². The zero-order valence-electron chi connectivity index (χ0n) is 18.8. The highest BCUT2D eigenvalue weighted by Crippen LogP contribution is 2.58. The maximum Gasteiger partial charge on any atom is 0.341 e. The molecule has 0 saturated heterocycles. The van der Waals surface area contributed by atoms with Gasteiger partial charge in [-0.05, 0) is 52.0 Å². The molecular formula is C23H23N7O4. The SMILES string of the molecule is CC1(C)OC(=O)c2cnc(Nc3cc(N)c(-c4nc(C56CCC(N=O)(CC5)C6)no4)cn3)cc21. The second kappa shape index (κ2) is 6.81. The minimum Gasteiger partial charge on any atom is -0.451 e. The Morgan fingerprint density at radius 1 is 1.06 bits per heavy atom. The fraction of sp³-hybridized carbons (Fsp3) is 0.435. The van der Waals surface area contributed by atoms with Gasteiger partial charge in [-0.3, -0.25) is 0 Å². The number of pyridine rings is 2. The van der Waals surface area contributed by atoms with Gasteiger partial charge in [0.1, 0.15) is 22.8 Å². The molecule has 6 rings (SSSR count). The average molecular weight is 461 g/mol. The Kier molecular flexibility index (Phi) is 4.15. The van der Waals surface area contributed by atoms with Gasteiger partial charge in [-0.15, -0.1) is 0 Å². The lowest BCUT2D eigenvalue weighted by Gasteiger charge is -2.21. The highest BCUT2D eigenvalue weighted by Gasteiger charge is 2.58. The molecule has 11 nitrogen and oxygen atoms in total. The van der Waals surface area contributed by atoms with Crippen LogP contribution in [0.25, 0.3) is 11.5 Å². The van der Waals surface area contributed by atoms with E-state index >= 15 is 0 Å². The Bertz CT molecular complexity index is 1340. The normalized spacial score (nSPS) is 26.4. The third-order valence-electron chi connectivity index (χ3n) is 7.44. The number of nitrogens with zero attached hydrogens (tertiary/aromatic N) is 5. The number of carbonyl (C=O) groups excluding carboxylic acids is 1. The van der Waals surface area contributed by atoms with Crippen LogP contribution in [0.2, 0.25) is 0 Å². The number of hydrogen-bond donors (Lipinski definition) is 2. The lowest BCUT2D eigenvalue weighted by Crippen LogP contribution is -2.21. The Labute approximate surface area is 194 Å². The van der Waals surface area contributed by atoms with Crippen molar-refractivity contribution < 1.29 is 14.1 Å². The quantitative estimate of drug-likeness (QED) is 0.420. The van der Waals surface area contributed by atoms with Crippen molar-refractivity contribution in [2.75, 3.05) is 11.1 Å². The number of ether oxygens (including phenoxy) is 1. The lowest BCUT2D eigenvalue weighted by atomic mass is 9.83. The number of aromatic nitrogens is 4. The van der Waals surface area contributed by atoms with E-state index in [0.717, 1.165) is 31.2 Å². The Morgan fingerprint density at radius 3 is 2.44 bits per heavy atom. The summed E-state index contributed by atoms with van der Waals surface area (Å²) in [6.07, 6.45) is 6.91. The molecule has 2 fully saturated rings. The smallest absolute Gasteiger partial charge is 0.341 e. The highest BCUT2D eigenvalue weighted by atomic mass is 16.6. The zero-order valence-corrected chi connectivity index (χ0v) is 18.8. The van der Waals surface area contributed by atoms with Crippen LogP contribution in [0.15, 0.2) is 34.2 Å². The van der Waals surface area contributed by atoms with Gasteiger partial charge in [0.2, 0.25) is 0 Å². The predicted octanol–water partition coefficient (Wildman–Crippen LogP) is 3.98. The summed E-state index contributed by atoms with van der Waals surface area (Å²) < 4.78 is 10.9. The molecule has 2 saturated carbocycles. The van der Waals surface area contributed by atoms with Crippen molar-refractivity contribution in [2.45, 2.75) is 62.5 Å². The van der Waals surface area contributed by atoms with Gasteiger partial charge in [-0.25, -0.2) is 14.8 Å². The van der Waals surface area contributed by atoms with E-state index in [1.165, 1.54) is 6.20 Å². The highest BCUT2D eigenvalue weighted by molar-refractivity contribution is 5.94. The molecule has 0 radical (unpaired) electrons. The van der Waals surface area contributed by atoms with Crippen LogP contribution in [0.1, 0.15) is 67.7 Å². The number of fused-ring (bicyclic) bond motifs is 3. The first-order chi connectivity index (χ1) is 16.2. The summed E-state index contributed by atoms with van der Waals surface area (Å²) in [5.74, 6) is 1.50. The van der Waals surface area contributed by atoms with Crippen LogP contribution >= 0.6 is 0 Å². The molecule has 11 heteroatoms. The number of hydrogen-bond acceptors (Lipinski definition) is 11. The van der Waals surface area contributed by atoms with E-state index in [4.69, 9.17) is 15.0 Å². The molecule has 174 valence electrons. The maximum absolute atomic E-state index is 12.0. The molecule has 2 bridgehead atoms. The molecule has 3 aromatic heterocycles. The number of nitrogens with one attached hydrogen (secondary N) is 1. The first kappa shape index (κ1) is 20.7. The third kappa shape index (κ3) is 2.99. The predicted molar refractivity (Wildman–Crippen MR) is 121 cm³/mol. The first-order valence-electron chi connectivity index (χ1n) is 11.2. The lowest BCUT2D eigenvalue weighted by molar-refractivity contribution is 0.00954. The molecule has 2 aliphatic carbocycles. The summed E-state index contributed by atoms with van der Waals surface area (Å²) in [6.45, 7) is 3.66. The summed E-state index contributed by atoms with van der Waals surface area (Å²) in [5, 5.41) is 10.7. The van der Waals surface area contributed by atoms with Crippen LogP contribution in [0.3, 0.4) is 0 Å². The van der Waals surface area contributed by atoms with Gasteiger partial charge in [-0.2, -0.15) is 9.89 Å². The molecule has 3 aromatic rings. The van der Waals surface area contributed by atoms with Gasteiger partial charge in [-0.1, -0.05) is 10.3 Å². The summed E-state index contributed by atoms with van der Waals surface area (Å²) >= 11 is 0. The number of nitrogen functional groups attached to an aromatic ring is 1. The first-order valence-corrected chi connectivity index (χ1v) is 11.2. The van der Waals surface area contributed by atoms with Gasteiger partial charge >= 0.3 is 5.97 Å². The molecule has 0 spiro atoms. The largest absolute Gasteiger partial charge is 0.451 e. The van der Waals surface area contributed by atoms with Crippen molar-refractivity contribution in [3.05, 3.63) is 46.4 Å². The monoisotopic (exact) mass is 461 g/mol. The third-order valence-corrected chi connectivity index (χ3v) is 7.44. The van der Waals surface area contributed by atoms with Gasteiger partial charge in [0.15, 0.2) is 5.82 Å². The van der Waals surface area contributed by atoms with E-state index in [0.29, 0.717) is 40.7 Å². The average Bonchev–Trinajstić information content (AvgIpc) is 3.57. The fourth-order valence-electron chi connectivity index (χ4n) is 5.53. The number of anilines is 3. The molecule has 0 aromatic carbocycles. The fourth-order valence-corrected chi connectivity index (χ4v) is 5.53. The van der Waals surface area contributed by atoms with Crippen molar-refractivity contribution in [3.8, 4) is 11.5 Å². The Morgan fingerprint density at radius 2 is 1.76 bits per heavy atom. The number of esters is 1. The second-order valence-corrected chi connectivity index (χ2v) is 9.99. The van der Waals surface area contributed by atoms with E-state index in [-0.39, 0.29) is 17.3 Å². The van der Waals surface area contributed by atoms with E-state index in [1.807, 2.05) is 13.8 Å². The van der Waals surface area contributed by atoms with Crippen molar-refractivity contribution in [2.24, 2.45) is 5.18 Å². The van der Waals surface area contributed by atoms with Crippen molar-refractivity contribution in [3.63, 3.8) is 0 Å². The number of nitroso groups, excluding NO2 is 1. The van der Waals surface area contributed by atoms with Crippen molar-refractivity contribution in [1.29, 1.82) is 0 Å². The number of cyclic esters (lactones) is 1. The minimum atomic E-state index is -0.725. The van der Waals surface area contributed by atoms with Gasteiger partial charge in [0.05, 0.1) is 11.1 Å². The van der Waals surface area contributed by atoms with Crippen LogP contribution in [0.4, 0.5) is 17.3 Å². The minimum absolute atomic E-state index is 0.253. The summed E-state index contributed by atoms with van der Waals surface area (Å²) in [6, 6.07) is 3.43. The van der Waals surface area contributed by atoms with Crippen LogP contribution < -0.4 is 11.1 Å². The standard InChI is InChI=1S/C23H23N7O4/c1-21(2)14-7-16(25-9-12(14)19(31)33-21)27-17-8-15(24)13(10-26-17)18-28-20(29-34-18)22-3-5-23(11-22,30-32)6-4-22/h7-10H,3-6,11H2,1-2H3,(H3,24,25,26,27). The van der Waals surface area contributed by atoms with Crippen molar-refractivity contribution >= 4 is 23.3 Å². The summed E-state index contributed by atoms with van der Waals surface area (Å²) in [4.78, 5) is 36.6. The van der Waals surface area contributed by atoms with E-state index in [9.17, 15) is 9.70 Å². The van der Waals surface area contributed by atoms with Crippen LogP contribution in [0, 0.1) is 4.91 Å². The zero-order chi connectivity index (χ0) is 23.7. The van der Waals surface area contributed by atoms with Gasteiger partial charge < -0.3 is 20.3 Å². The molecule has 0 amide bonds. The Balaban J connectivity index is 1.24. The van der Waals surface area contributed by atoms with E-state index in [2.05, 4.69) is 30.6 Å². The molecule has 0 atom stereocenters. The van der Waals surface area contributed by atoms with Crippen LogP contribution in [-0.2, 0) is 15.8 Å². The van der Waals surface area contributed by atoms with E-state index in [1.54, 1.807) is 18.3 Å². The van der Waals surface area contributed by atoms with E-state index < -0.39 is 11.1 Å².